The van der Waals surface area contributed by atoms with Crippen molar-refractivity contribution in [3.05, 3.63) is 113 Å². The first-order valence-corrected chi connectivity index (χ1v) is 11.9. The molecule has 5 aromatic rings. The molecule has 1 aliphatic heterocycles. The molecule has 2 amide bonds. The SMILES string of the molecule is Cc1ccc(-c2nnc(Nc3ccc(O)cc3)c3ccccc23)cc1CN1C(=O)c2ccccc2C1=O. The number of aromatic hydroxyl groups is 1. The normalized spacial score (nSPS) is 12.7. The molecule has 0 atom stereocenters. The number of nitrogens with one attached hydrogen (secondary N) is 1. The summed E-state index contributed by atoms with van der Waals surface area (Å²) in [4.78, 5) is 27.1. The number of phenols is 1. The summed E-state index contributed by atoms with van der Waals surface area (Å²) in [5.41, 5.74) is 5.05. The van der Waals surface area contributed by atoms with Crippen molar-refractivity contribution in [2.45, 2.75) is 13.5 Å². The van der Waals surface area contributed by atoms with Gasteiger partial charge >= 0.3 is 0 Å². The van der Waals surface area contributed by atoms with Gasteiger partial charge in [-0.25, -0.2) is 0 Å². The van der Waals surface area contributed by atoms with Crippen LogP contribution in [0.5, 0.6) is 5.75 Å². The number of hydrogen-bond acceptors (Lipinski definition) is 6. The van der Waals surface area contributed by atoms with Crippen LogP contribution >= 0.6 is 0 Å². The summed E-state index contributed by atoms with van der Waals surface area (Å²) in [5.74, 6) is 0.234. The zero-order chi connectivity index (χ0) is 25.5. The molecule has 0 bridgehead atoms. The number of nitrogens with zero attached hydrogens (tertiary/aromatic N) is 3. The van der Waals surface area contributed by atoms with E-state index in [1.807, 2.05) is 49.4 Å². The Hall–Kier alpha value is -5.04. The molecular weight excluding hydrogens is 464 g/mol. The van der Waals surface area contributed by atoms with Gasteiger partial charge in [-0.1, -0.05) is 48.5 Å². The van der Waals surface area contributed by atoms with E-state index in [2.05, 4.69) is 15.5 Å². The number of hydrogen-bond donors (Lipinski definition) is 2. The lowest BCUT2D eigenvalue weighted by atomic mass is 9.99. The number of aryl methyl sites for hydroxylation is 1. The molecule has 4 aromatic carbocycles. The van der Waals surface area contributed by atoms with Crippen molar-refractivity contribution >= 4 is 34.1 Å². The first kappa shape index (κ1) is 22.4. The largest absolute Gasteiger partial charge is 0.508 e. The van der Waals surface area contributed by atoms with Crippen LogP contribution in [0.2, 0.25) is 0 Å². The van der Waals surface area contributed by atoms with E-state index in [4.69, 9.17) is 0 Å². The fraction of sp³-hybridized carbons (Fsp3) is 0.0667. The lowest BCUT2D eigenvalue weighted by Gasteiger charge is -2.17. The van der Waals surface area contributed by atoms with Crippen LogP contribution in [0.1, 0.15) is 31.8 Å². The molecule has 0 fully saturated rings. The van der Waals surface area contributed by atoms with E-state index in [9.17, 15) is 14.7 Å². The molecule has 2 heterocycles. The fourth-order valence-electron chi connectivity index (χ4n) is 4.63. The second-order valence-corrected chi connectivity index (χ2v) is 9.00. The van der Waals surface area contributed by atoms with E-state index in [1.54, 1.807) is 48.5 Å². The van der Waals surface area contributed by atoms with Gasteiger partial charge in [-0.2, -0.15) is 0 Å². The van der Waals surface area contributed by atoms with E-state index in [0.29, 0.717) is 22.6 Å². The lowest BCUT2D eigenvalue weighted by molar-refractivity contribution is 0.0642. The van der Waals surface area contributed by atoms with Crippen molar-refractivity contribution in [2.75, 3.05) is 5.32 Å². The summed E-state index contributed by atoms with van der Waals surface area (Å²) >= 11 is 0. The highest BCUT2D eigenvalue weighted by molar-refractivity contribution is 6.21. The first-order valence-electron chi connectivity index (χ1n) is 11.9. The number of fused-ring (bicyclic) bond motifs is 2. The molecule has 7 nitrogen and oxygen atoms in total. The van der Waals surface area contributed by atoms with Gasteiger partial charge in [0.2, 0.25) is 0 Å². The van der Waals surface area contributed by atoms with Crippen molar-refractivity contribution in [2.24, 2.45) is 0 Å². The highest BCUT2D eigenvalue weighted by Crippen LogP contribution is 2.33. The van der Waals surface area contributed by atoms with Crippen LogP contribution in [-0.2, 0) is 6.54 Å². The molecule has 0 radical (unpaired) electrons. The number of anilines is 2. The maximum absolute atomic E-state index is 12.9. The Morgan fingerprint density at radius 1 is 0.784 bits per heavy atom. The second-order valence-electron chi connectivity index (χ2n) is 9.00. The number of imide groups is 1. The highest BCUT2D eigenvalue weighted by Gasteiger charge is 2.35. The average Bonchev–Trinajstić information content (AvgIpc) is 3.16. The van der Waals surface area contributed by atoms with E-state index in [-0.39, 0.29) is 24.1 Å². The maximum Gasteiger partial charge on any atom is 0.261 e. The summed E-state index contributed by atoms with van der Waals surface area (Å²) in [7, 11) is 0. The number of benzene rings is 4. The van der Waals surface area contributed by atoms with Gasteiger partial charge in [-0.15, -0.1) is 10.2 Å². The summed E-state index contributed by atoms with van der Waals surface area (Å²) in [5, 5.41) is 23.7. The average molecular weight is 487 g/mol. The van der Waals surface area contributed by atoms with Crippen LogP contribution in [0.15, 0.2) is 91.0 Å². The Labute approximate surface area is 213 Å². The number of aromatic nitrogens is 2. The molecule has 0 saturated heterocycles. The highest BCUT2D eigenvalue weighted by atomic mass is 16.3. The number of carbonyl (C=O) groups excluding carboxylic acids is 2. The Morgan fingerprint density at radius 3 is 2.14 bits per heavy atom. The van der Waals surface area contributed by atoms with Crippen molar-refractivity contribution in [1.82, 2.24) is 15.1 Å². The van der Waals surface area contributed by atoms with Gasteiger partial charge in [0.05, 0.1) is 17.7 Å². The van der Waals surface area contributed by atoms with Gasteiger partial charge in [0.25, 0.3) is 11.8 Å². The summed E-state index contributed by atoms with van der Waals surface area (Å²) in [6, 6.07) is 27.4. The molecule has 2 N–H and O–H groups in total. The van der Waals surface area contributed by atoms with Gasteiger partial charge in [-0.3, -0.25) is 14.5 Å². The predicted molar refractivity (Wildman–Crippen MR) is 142 cm³/mol. The van der Waals surface area contributed by atoms with Crippen LogP contribution in [-0.4, -0.2) is 32.0 Å². The molecule has 0 saturated carbocycles. The minimum absolute atomic E-state index is 0.178. The third kappa shape index (κ3) is 3.96. The Morgan fingerprint density at radius 2 is 1.43 bits per heavy atom. The zero-order valence-corrected chi connectivity index (χ0v) is 20.0. The van der Waals surface area contributed by atoms with E-state index >= 15 is 0 Å². The van der Waals surface area contributed by atoms with Crippen molar-refractivity contribution in [1.29, 1.82) is 0 Å². The molecule has 1 aromatic heterocycles. The van der Waals surface area contributed by atoms with Gasteiger partial charge in [0.1, 0.15) is 11.4 Å². The summed E-state index contributed by atoms with van der Waals surface area (Å²) in [6.45, 7) is 2.14. The van der Waals surface area contributed by atoms with Gasteiger partial charge < -0.3 is 10.4 Å². The van der Waals surface area contributed by atoms with Crippen molar-refractivity contribution in [3.8, 4) is 17.0 Å². The molecule has 0 aliphatic carbocycles. The Bertz CT molecular complexity index is 1660. The van der Waals surface area contributed by atoms with E-state index in [1.165, 1.54) is 4.90 Å². The summed E-state index contributed by atoms with van der Waals surface area (Å²) in [6.07, 6.45) is 0. The first-order chi connectivity index (χ1) is 18.0. The van der Waals surface area contributed by atoms with Crippen LogP contribution in [0, 0.1) is 6.92 Å². The van der Waals surface area contributed by atoms with Gasteiger partial charge in [0, 0.05) is 22.0 Å². The summed E-state index contributed by atoms with van der Waals surface area (Å²) < 4.78 is 0. The predicted octanol–water partition coefficient (Wildman–Crippen LogP) is 5.85. The van der Waals surface area contributed by atoms with E-state index in [0.717, 1.165) is 33.2 Å². The fourth-order valence-corrected chi connectivity index (χ4v) is 4.63. The zero-order valence-electron chi connectivity index (χ0n) is 20.0. The van der Waals surface area contributed by atoms with Crippen LogP contribution < -0.4 is 5.32 Å². The van der Waals surface area contributed by atoms with Gasteiger partial charge in [-0.05, 0) is 60.5 Å². The Kier molecular flexibility index (Phi) is 5.38. The Balaban J connectivity index is 1.36. The third-order valence-electron chi connectivity index (χ3n) is 6.65. The lowest BCUT2D eigenvalue weighted by Crippen LogP contribution is -2.29. The topological polar surface area (TPSA) is 95.4 Å². The molecule has 0 unspecified atom stereocenters. The molecular formula is C30H22N4O3. The van der Waals surface area contributed by atoms with Crippen LogP contribution in [0.3, 0.4) is 0 Å². The molecule has 6 rings (SSSR count). The van der Waals surface area contributed by atoms with Crippen molar-refractivity contribution in [3.63, 3.8) is 0 Å². The third-order valence-corrected chi connectivity index (χ3v) is 6.65. The number of phenolic OH excluding ortho intramolecular Hbond substituents is 1. The molecule has 180 valence electrons. The smallest absolute Gasteiger partial charge is 0.261 e. The standard InChI is InChI=1S/C30H22N4O3/c1-18-10-11-19(16-20(18)17-34-29(36)25-8-4-5-9-26(25)30(34)37)27-23-6-2-3-7-24(23)28(33-32-27)31-21-12-14-22(35)15-13-21/h2-16,35H,17H2,1H3,(H,31,33). The van der Waals surface area contributed by atoms with Crippen LogP contribution in [0.4, 0.5) is 11.5 Å². The number of amides is 2. The van der Waals surface area contributed by atoms with Crippen molar-refractivity contribution < 1.29 is 14.7 Å². The quantitative estimate of drug-likeness (QED) is 0.239. The monoisotopic (exact) mass is 486 g/mol. The molecule has 37 heavy (non-hydrogen) atoms. The minimum Gasteiger partial charge on any atom is -0.508 e. The molecule has 0 spiro atoms. The number of rotatable bonds is 5. The van der Waals surface area contributed by atoms with E-state index < -0.39 is 0 Å². The maximum atomic E-state index is 12.9. The number of carbonyl (C=O) groups is 2. The van der Waals surface area contributed by atoms with Crippen LogP contribution in [0.25, 0.3) is 22.0 Å². The molecule has 7 heteroatoms. The van der Waals surface area contributed by atoms with Gasteiger partial charge in [0.15, 0.2) is 5.82 Å². The molecule has 1 aliphatic rings. The minimum atomic E-state index is -0.277. The second kappa shape index (κ2) is 8.87.